The number of hydrogen-bond acceptors (Lipinski definition) is 7. The summed E-state index contributed by atoms with van der Waals surface area (Å²) in [6.45, 7) is 1.88. The van der Waals surface area contributed by atoms with E-state index in [2.05, 4.69) is 50.5 Å². The Morgan fingerprint density at radius 3 is 2.56 bits per heavy atom. The Labute approximate surface area is 204 Å². The molecule has 0 saturated carbocycles. The normalized spacial score (nSPS) is 14.0. The number of aromatic nitrogens is 2. The van der Waals surface area contributed by atoms with Crippen LogP contribution in [0.1, 0.15) is 18.4 Å². The van der Waals surface area contributed by atoms with Gasteiger partial charge in [-0.05, 0) is 42.9 Å². The van der Waals surface area contributed by atoms with Gasteiger partial charge in [0.2, 0.25) is 5.91 Å². The number of nitrogens with zero attached hydrogens (tertiary/aromatic N) is 3. The molecule has 2 aromatic carbocycles. The van der Waals surface area contributed by atoms with Gasteiger partial charge < -0.3 is 19.7 Å². The maximum Gasteiger partial charge on any atom is 0.234 e. The van der Waals surface area contributed by atoms with Gasteiger partial charge in [0.25, 0.3) is 0 Å². The molecule has 1 aliphatic rings. The van der Waals surface area contributed by atoms with Crippen molar-refractivity contribution in [3.05, 3.63) is 66.5 Å². The van der Waals surface area contributed by atoms with Crippen LogP contribution in [0, 0.1) is 5.92 Å². The molecule has 4 rings (SSSR count). The minimum absolute atomic E-state index is 0.144. The number of carbonyl (C=O) groups is 1. The van der Waals surface area contributed by atoms with Crippen LogP contribution in [0.3, 0.4) is 0 Å². The smallest absolute Gasteiger partial charge is 0.234 e. The van der Waals surface area contributed by atoms with Crippen LogP contribution < -0.4 is 19.7 Å². The molecule has 1 aliphatic heterocycles. The average molecular weight is 479 g/mol. The van der Waals surface area contributed by atoms with Crippen molar-refractivity contribution >= 4 is 29.2 Å². The van der Waals surface area contributed by atoms with Crippen LogP contribution in [0.4, 0.5) is 11.5 Å². The van der Waals surface area contributed by atoms with Gasteiger partial charge in [-0.2, -0.15) is 0 Å². The van der Waals surface area contributed by atoms with E-state index in [9.17, 15) is 4.79 Å². The number of methoxy groups -OCH3 is 2. The SMILES string of the molecule is COc1ccc(OC)c(NC(=O)CSc2nccnc2N2CCC(Cc3ccccc3)CC2)c1. The highest BCUT2D eigenvalue weighted by atomic mass is 32.2. The van der Waals surface area contributed by atoms with Gasteiger partial charge in [0.05, 0.1) is 25.7 Å². The summed E-state index contributed by atoms with van der Waals surface area (Å²) >= 11 is 1.40. The second-order valence-corrected chi connectivity index (χ2v) is 9.17. The Morgan fingerprint density at radius 1 is 1.06 bits per heavy atom. The summed E-state index contributed by atoms with van der Waals surface area (Å²) in [5.41, 5.74) is 1.97. The number of thioether (sulfide) groups is 1. The van der Waals surface area contributed by atoms with Gasteiger partial charge in [0, 0.05) is 31.5 Å². The number of carbonyl (C=O) groups excluding carboxylic acids is 1. The molecule has 0 spiro atoms. The van der Waals surface area contributed by atoms with Crippen molar-refractivity contribution in [2.24, 2.45) is 5.92 Å². The summed E-state index contributed by atoms with van der Waals surface area (Å²) in [6.07, 6.45) is 6.75. The number of hydrogen-bond donors (Lipinski definition) is 1. The van der Waals surface area contributed by atoms with E-state index in [0.717, 1.165) is 43.2 Å². The van der Waals surface area contributed by atoms with Crippen molar-refractivity contribution in [2.75, 3.05) is 43.3 Å². The summed E-state index contributed by atoms with van der Waals surface area (Å²) in [6, 6.07) is 16.0. The topological polar surface area (TPSA) is 76.6 Å². The number of benzene rings is 2. The summed E-state index contributed by atoms with van der Waals surface area (Å²) in [4.78, 5) is 24.1. The zero-order chi connectivity index (χ0) is 23.8. The molecule has 1 aromatic heterocycles. The lowest BCUT2D eigenvalue weighted by Gasteiger charge is -2.33. The molecule has 0 aliphatic carbocycles. The number of ether oxygens (including phenoxy) is 2. The first-order chi connectivity index (χ1) is 16.7. The largest absolute Gasteiger partial charge is 0.497 e. The van der Waals surface area contributed by atoms with E-state index in [1.165, 1.54) is 17.3 Å². The van der Waals surface area contributed by atoms with Crippen LogP contribution in [0.25, 0.3) is 0 Å². The number of amides is 1. The van der Waals surface area contributed by atoms with Crippen LogP contribution in [-0.2, 0) is 11.2 Å². The molecule has 178 valence electrons. The molecule has 8 heteroatoms. The second kappa shape index (κ2) is 11.7. The fourth-order valence-electron chi connectivity index (χ4n) is 4.16. The molecular weight excluding hydrogens is 448 g/mol. The quantitative estimate of drug-likeness (QED) is 0.447. The summed E-state index contributed by atoms with van der Waals surface area (Å²) < 4.78 is 10.6. The van der Waals surface area contributed by atoms with Gasteiger partial charge in [-0.3, -0.25) is 4.79 Å². The van der Waals surface area contributed by atoms with Crippen LogP contribution in [-0.4, -0.2) is 48.9 Å². The highest BCUT2D eigenvalue weighted by Crippen LogP contribution is 2.32. The van der Waals surface area contributed by atoms with E-state index in [-0.39, 0.29) is 11.7 Å². The molecule has 0 radical (unpaired) electrons. The Kier molecular flexibility index (Phi) is 8.25. The first-order valence-electron chi connectivity index (χ1n) is 11.4. The molecule has 1 fully saturated rings. The van der Waals surface area contributed by atoms with Gasteiger partial charge in [0.1, 0.15) is 16.5 Å². The van der Waals surface area contributed by atoms with Crippen molar-refractivity contribution in [1.82, 2.24) is 9.97 Å². The number of rotatable bonds is 9. The Hall–Kier alpha value is -3.26. The van der Waals surface area contributed by atoms with Crippen LogP contribution in [0.5, 0.6) is 11.5 Å². The van der Waals surface area contributed by atoms with Gasteiger partial charge in [-0.1, -0.05) is 42.1 Å². The van der Waals surface area contributed by atoms with E-state index in [1.807, 2.05) is 0 Å². The predicted molar refractivity (Wildman–Crippen MR) is 136 cm³/mol. The van der Waals surface area contributed by atoms with Crippen molar-refractivity contribution in [2.45, 2.75) is 24.3 Å². The Balaban J connectivity index is 1.34. The Morgan fingerprint density at radius 2 is 1.82 bits per heavy atom. The van der Waals surface area contributed by atoms with Crippen molar-refractivity contribution in [3.63, 3.8) is 0 Å². The fourth-order valence-corrected chi connectivity index (χ4v) is 4.95. The molecule has 0 atom stereocenters. The zero-order valence-corrected chi connectivity index (χ0v) is 20.4. The van der Waals surface area contributed by atoms with Crippen LogP contribution in [0.2, 0.25) is 0 Å². The minimum Gasteiger partial charge on any atom is -0.497 e. The molecule has 7 nitrogen and oxygen atoms in total. The van der Waals surface area contributed by atoms with E-state index in [1.54, 1.807) is 44.8 Å². The minimum atomic E-state index is -0.144. The molecule has 1 saturated heterocycles. The monoisotopic (exact) mass is 478 g/mol. The summed E-state index contributed by atoms with van der Waals surface area (Å²) in [5, 5.41) is 3.68. The number of anilines is 2. The predicted octanol–water partition coefficient (Wildman–Crippen LogP) is 4.68. The second-order valence-electron chi connectivity index (χ2n) is 8.21. The number of piperidine rings is 1. The highest BCUT2D eigenvalue weighted by molar-refractivity contribution is 8.00. The standard InChI is InChI=1S/C26H30N4O3S/c1-32-21-8-9-23(33-2)22(17-21)29-24(31)18-34-26-25(27-12-13-28-26)30-14-10-20(11-15-30)16-19-6-4-3-5-7-19/h3-9,12-13,17,20H,10-11,14-16,18H2,1-2H3,(H,29,31). The first-order valence-corrected chi connectivity index (χ1v) is 12.4. The summed E-state index contributed by atoms with van der Waals surface area (Å²) in [5.74, 6) is 2.84. The van der Waals surface area contributed by atoms with Gasteiger partial charge in [0.15, 0.2) is 5.82 Å². The fraction of sp³-hybridized carbons (Fsp3) is 0.346. The van der Waals surface area contributed by atoms with Gasteiger partial charge >= 0.3 is 0 Å². The molecule has 1 N–H and O–H groups in total. The maximum atomic E-state index is 12.7. The maximum absolute atomic E-state index is 12.7. The van der Waals surface area contributed by atoms with E-state index < -0.39 is 0 Å². The van der Waals surface area contributed by atoms with Gasteiger partial charge in [-0.15, -0.1) is 0 Å². The van der Waals surface area contributed by atoms with Crippen molar-refractivity contribution < 1.29 is 14.3 Å². The average Bonchev–Trinajstić information content (AvgIpc) is 2.88. The zero-order valence-electron chi connectivity index (χ0n) is 19.6. The third kappa shape index (κ3) is 6.20. The summed E-state index contributed by atoms with van der Waals surface area (Å²) in [7, 11) is 3.16. The van der Waals surface area contributed by atoms with Crippen LogP contribution in [0.15, 0.2) is 66.0 Å². The lowest BCUT2D eigenvalue weighted by atomic mass is 9.90. The van der Waals surface area contributed by atoms with E-state index in [0.29, 0.717) is 23.1 Å². The third-order valence-corrected chi connectivity index (χ3v) is 6.92. The molecule has 1 amide bonds. The van der Waals surface area contributed by atoms with E-state index in [4.69, 9.17) is 9.47 Å². The number of nitrogens with one attached hydrogen (secondary N) is 1. The highest BCUT2D eigenvalue weighted by Gasteiger charge is 2.23. The first kappa shape index (κ1) is 23.9. The lowest BCUT2D eigenvalue weighted by Crippen LogP contribution is -2.35. The molecule has 0 bridgehead atoms. The van der Waals surface area contributed by atoms with Crippen molar-refractivity contribution in [1.29, 1.82) is 0 Å². The molecule has 2 heterocycles. The van der Waals surface area contributed by atoms with E-state index >= 15 is 0 Å². The van der Waals surface area contributed by atoms with Crippen molar-refractivity contribution in [3.8, 4) is 11.5 Å². The van der Waals surface area contributed by atoms with Crippen LogP contribution >= 0.6 is 11.8 Å². The third-order valence-electron chi connectivity index (χ3n) is 5.95. The Bertz CT molecular complexity index is 1090. The molecule has 3 aromatic rings. The molecular formula is C26H30N4O3S. The molecule has 0 unspecified atom stereocenters. The molecule has 34 heavy (non-hydrogen) atoms. The lowest BCUT2D eigenvalue weighted by molar-refractivity contribution is -0.113. The van der Waals surface area contributed by atoms with Gasteiger partial charge in [-0.25, -0.2) is 9.97 Å².